The molecule has 0 fully saturated rings. The van der Waals surface area contributed by atoms with Crippen molar-refractivity contribution >= 4 is 28.2 Å². The molecule has 142 valence electrons. The van der Waals surface area contributed by atoms with Crippen LogP contribution in [0.3, 0.4) is 0 Å². The van der Waals surface area contributed by atoms with Crippen LogP contribution in [0.4, 0.5) is 0 Å². The molecular weight excluding hydrogens is 360 g/mol. The molecule has 8 heteroatoms. The third kappa shape index (κ3) is 4.85. The molecule has 7 nitrogen and oxygen atoms in total. The number of fused-ring (bicyclic) bond motifs is 1. The number of thiazole rings is 1. The summed E-state index contributed by atoms with van der Waals surface area (Å²) in [5.74, 6) is 0.738. The molecule has 3 aromatic rings. The van der Waals surface area contributed by atoms with Gasteiger partial charge in [0, 0.05) is 44.0 Å². The summed E-state index contributed by atoms with van der Waals surface area (Å²) in [6, 6.07) is 7.55. The zero-order valence-electron chi connectivity index (χ0n) is 15.8. The number of rotatable bonds is 6. The second kappa shape index (κ2) is 8.68. The molecule has 27 heavy (non-hydrogen) atoms. The Kier molecular flexibility index (Phi) is 6.08. The van der Waals surface area contributed by atoms with E-state index in [1.54, 1.807) is 30.3 Å². The maximum absolute atomic E-state index is 11.9. The molecule has 0 saturated heterocycles. The number of carbonyl (C=O) groups excluding carboxylic acids is 1. The Hall–Kier alpha value is -2.87. The third-order valence-corrected chi connectivity index (χ3v) is 4.72. The van der Waals surface area contributed by atoms with E-state index in [4.69, 9.17) is 0 Å². The molecule has 0 saturated carbocycles. The highest BCUT2D eigenvalue weighted by molar-refractivity contribution is 7.15. The van der Waals surface area contributed by atoms with Crippen LogP contribution in [-0.4, -0.2) is 46.8 Å². The molecule has 2 aromatic heterocycles. The van der Waals surface area contributed by atoms with E-state index >= 15 is 0 Å². The van der Waals surface area contributed by atoms with E-state index < -0.39 is 0 Å². The average Bonchev–Trinajstić information content (AvgIpc) is 3.25. The van der Waals surface area contributed by atoms with Gasteiger partial charge in [-0.3, -0.25) is 9.20 Å². The quantitative estimate of drug-likeness (QED) is 0.505. The topological polar surface area (TPSA) is 74.0 Å². The van der Waals surface area contributed by atoms with Gasteiger partial charge in [0.25, 0.3) is 5.91 Å². The van der Waals surface area contributed by atoms with Crippen molar-refractivity contribution in [2.24, 2.45) is 4.99 Å². The summed E-state index contributed by atoms with van der Waals surface area (Å²) in [7, 11) is 3.50. The Labute approximate surface area is 162 Å². The first-order valence-corrected chi connectivity index (χ1v) is 9.68. The molecule has 0 aliphatic carbocycles. The van der Waals surface area contributed by atoms with Crippen LogP contribution in [0.5, 0.6) is 0 Å². The number of carbonyl (C=O) groups is 1. The minimum atomic E-state index is 0.0000273. The number of aromatic nitrogens is 2. The molecule has 0 radical (unpaired) electrons. The van der Waals surface area contributed by atoms with Crippen LogP contribution < -0.4 is 10.6 Å². The number of hydrogen-bond acceptors (Lipinski definition) is 4. The lowest BCUT2D eigenvalue weighted by atomic mass is 10.1. The van der Waals surface area contributed by atoms with E-state index in [2.05, 4.69) is 20.6 Å². The van der Waals surface area contributed by atoms with Crippen LogP contribution in [0.25, 0.3) is 4.96 Å². The number of imidazole rings is 1. The first-order valence-electron chi connectivity index (χ1n) is 8.80. The minimum absolute atomic E-state index is 0.0000273. The van der Waals surface area contributed by atoms with Gasteiger partial charge < -0.3 is 15.5 Å². The fourth-order valence-electron chi connectivity index (χ4n) is 2.56. The highest BCUT2D eigenvalue weighted by Gasteiger charge is 2.07. The molecule has 0 aliphatic rings. The largest absolute Gasteiger partial charge is 0.357 e. The predicted molar refractivity (Wildman–Crippen MR) is 109 cm³/mol. The smallest absolute Gasteiger partial charge is 0.253 e. The van der Waals surface area contributed by atoms with Crippen molar-refractivity contribution in [2.75, 3.05) is 20.6 Å². The first kappa shape index (κ1) is 18.9. The predicted octanol–water partition coefficient (Wildman–Crippen LogP) is 2.35. The Morgan fingerprint density at radius 1 is 1.26 bits per heavy atom. The molecular formula is C19H24N6OS. The van der Waals surface area contributed by atoms with E-state index in [9.17, 15) is 4.79 Å². The molecule has 0 spiro atoms. The maximum atomic E-state index is 11.9. The maximum Gasteiger partial charge on any atom is 0.253 e. The van der Waals surface area contributed by atoms with E-state index in [0.717, 1.165) is 28.7 Å². The van der Waals surface area contributed by atoms with Crippen LogP contribution in [0.2, 0.25) is 0 Å². The summed E-state index contributed by atoms with van der Waals surface area (Å²) in [4.78, 5) is 23.7. The average molecular weight is 385 g/mol. The molecule has 2 heterocycles. The molecule has 3 rings (SSSR count). The van der Waals surface area contributed by atoms with Crippen LogP contribution >= 0.6 is 11.3 Å². The number of guanidine groups is 1. The molecule has 0 atom stereocenters. The van der Waals surface area contributed by atoms with Gasteiger partial charge in [-0.25, -0.2) is 9.98 Å². The number of nitrogens with zero attached hydrogens (tertiary/aromatic N) is 4. The van der Waals surface area contributed by atoms with Gasteiger partial charge in [-0.2, -0.15) is 0 Å². The summed E-state index contributed by atoms with van der Waals surface area (Å²) in [6.45, 7) is 3.95. The van der Waals surface area contributed by atoms with Crippen molar-refractivity contribution in [2.45, 2.75) is 20.0 Å². The van der Waals surface area contributed by atoms with Gasteiger partial charge in [-0.15, -0.1) is 11.3 Å². The van der Waals surface area contributed by atoms with Crippen LogP contribution in [0.15, 0.2) is 47.0 Å². The number of hydrogen-bond donors (Lipinski definition) is 2. The van der Waals surface area contributed by atoms with Gasteiger partial charge in [0.1, 0.15) is 0 Å². The van der Waals surface area contributed by atoms with Gasteiger partial charge in [0.05, 0.1) is 18.8 Å². The summed E-state index contributed by atoms with van der Waals surface area (Å²) in [6.07, 6.45) is 4.02. The van der Waals surface area contributed by atoms with Crippen molar-refractivity contribution in [3.05, 3.63) is 58.9 Å². The number of nitrogens with one attached hydrogen (secondary N) is 2. The summed E-state index contributed by atoms with van der Waals surface area (Å²) >= 11 is 1.62. The zero-order valence-corrected chi connectivity index (χ0v) is 16.6. The fourth-order valence-corrected chi connectivity index (χ4v) is 3.28. The van der Waals surface area contributed by atoms with Crippen LogP contribution in [0.1, 0.15) is 28.5 Å². The monoisotopic (exact) mass is 384 g/mol. The lowest BCUT2D eigenvalue weighted by molar-refractivity contribution is 0.0827. The molecule has 0 bridgehead atoms. The van der Waals surface area contributed by atoms with Crippen molar-refractivity contribution in [3.8, 4) is 0 Å². The van der Waals surface area contributed by atoms with Gasteiger partial charge in [-0.1, -0.05) is 12.1 Å². The zero-order chi connectivity index (χ0) is 19.2. The van der Waals surface area contributed by atoms with Crippen LogP contribution in [0, 0.1) is 0 Å². The highest BCUT2D eigenvalue weighted by Crippen LogP contribution is 2.11. The number of benzene rings is 1. The number of aliphatic imine (C=N–C) groups is 1. The second-order valence-electron chi connectivity index (χ2n) is 6.27. The highest BCUT2D eigenvalue weighted by atomic mass is 32.1. The Morgan fingerprint density at radius 2 is 2.04 bits per heavy atom. The SMILES string of the molecule is CCNC(=NCc1ccc(C(=O)N(C)C)cc1)NCc1cn2ccsc2n1. The Morgan fingerprint density at radius 3 is 2.70 bits per heavy atom. The minimum Gasteiger partial charge on any atom is -0.357 e. The standard InChI is InChI=1S/C19H24N6OS/c1-4-20-18(22-12-16-13-25-9-10-27-19(25)23-16)21-11-14-5-7-15(8-6-14)17(26)24(2)3/h5-10,13H,4,11-12H2,1-3H3,(H2,20,21,22). The van der Waals surface area contributed by atoms with Crippen LogP contribution in [-0.2, 0) is 13.1 Å². The molecule has 2 N–H and O–H groups in total. The lowest BCUT2D eigenvalue weighted by Gasteiger charge is -2.11. The normalized spacial score (nSPS) is 11.6. The second-order valence-corrected chi connectivity index (χ2v) is 7.14. The molecule has 1 aromatic carbocycles. The Balaban J connectivity index is 1.61. The molecule has 0 aliphatic heterocycles. The van der Waals surface area contributed by atoms with Crippen molar-refractivity contribution in [3.63, 3.8) is 0 Å². The van der Waals surface area contributed by atoms with E-state index in [1.165, 1.54) is 0 Å². The van der Waals surface area contributed by atoms with Gasteiger partial charge >= 0.3 is 0 Å². The van der Waals surface area contributed by atoms with Gasteiger partial charge in [-0.05, 0) is 24.6 Å². The van der Waals surface area contributed by atoms with Crippen molar-refractivity contribution in [1.82, 2.24) is 24.9 Å². The van der Waals surface area contributed by atoms with E-state index in [1.807, 2.05) is 53.4 Å². The number of amides is 1. The van der Waals surface area contributed by atoms with Crippen molar-refractivity contribution in [1.29, 1.82) is 0 Å². The summed E-state index contributed by atoms with van der Waals surface area (Å²) in [5.41, 5.74) is 2.70. The summed E-state index contributed by atoms with van der Waals surface area (Å²) in [5, 5.41) is 8.57. The molecule has 1 amide bonds. The Bertz CT molecular complexity index is 897. The van der Waals surface area contributed by atoms with Crippen molar-refractivity contribution < 1.29 is 4.79 Å². The third-order valence-electron chi connectivity index (χ3n) is 3.95. The molecule has 0 unspecified atom stereocenters. The van der Waals surface area contributed by atoms with Gasteiger partial charge in [0.2, 0.25) is 0 Å². The first-order chi connectivity index (χ1) is 13.1. The summed E-state index contributed by atoms with van der Waals surface area (Å²) < 4.78 is 2.02. The van der Waals surface area contributed by atoms with E-state index in [0.29, 0.717) is 18.7 Å². The lowest BCUT2D eigenvalue weighted by Crippen LogP contribution is -2.36. The fraction of sp³-hybridized carbons (Fsp3) is 0.316. The van der Waals surface area contributed by atoms with E-state index in [-0.39, 0.29) is 5.91 Å². The van der Waals surface area contributed by atoms with Gasteiger partial charge in [0.15, 0.2) is 10.9 Å².